The highest BCUT2D eigenvalue weighted by Gasteiger charge is 2.35. The van der Waals surface area contributed by atoms with E-state index in [1.165, 1.54) is 25.7 Å². The molecule has 3 nitrogen and oxygen atoms in total. The minimum Gasteiger partial charge on any atom is -0.394 e. The molecule has 0 unspecified atom stereocenters. The Morgan fingerprint density at radius 2 is 1.37 bits per heavy atom. The van der Waals surface area contributed by atoms with Gasteiger partial charge in [0, 0.05) is 13.2 Å². The van der Waals surface area contributed by atoms with Crippen molar-refractivity contribution in [2.24, 2.45) is 0 Å². The lowest BCUT2D eigenvalue weighted by Gasteiger charge is -2.31. The summed E-state index contributed by atoms with van der Waals surface area (Å²) >= 11 is 0. The largest absolute Gasteiger partial charge is 0.394 e. The van der Waals surface area contributed by atoms with Crippen molar-refractivity contribution < 1.29 is 8.85 Å². The van der Waals surface area contributed by atoms with Crippen LogP contribution in [0.2, 0.25) is 12.1 Å². The molecule has 116 valence electrons. The second kappa shape index (κ2) is 13.1. The van der Waals surface area contributed by atoms with Crippen LogP contribution in [0.4, 0.5) is 0 Å². The van der Waals surface area contributed by atoms with E-state index in [0.29, 0.717) is 0 Å². The minimum absolute atomic E-state index is 0.883. The Balaban J connectivity index is 4.37. The highest BCUT2D eigenvalue weighted by atomic mass is 28.4. The van der Waals surface area contributed by atoms with Gasteiger partial charge < -0.3 is 14.2 Å². The molecule has 0 aliphatic heterocycles. The Kier molecular flexibility index (Phi) is 13.2. The molecule has 0 aliphatic carbocycles. The van der Waals surface area contributed by atoms with Gasteiger partial charge in [0.15, 0.2) is 0 Å². The quantitative estimate of drug-likeness (QED) is 0.386. The third-order valence-corrected chi connectivity index (χ3v) is 7.18. The Morgan fingerprint density at radius 1 is 0.789 bits per heavy atom. The van der Waals surface area contributed by atoms with Crippen molar-refractivity contribution in [3.05, 3.63) is 0 Å². The van der Waals surface area contributed by atoms with Crippen molar-refractivity contribution in [3.63, 3.8) is 0 Å². The van der Waals surface area contributed by atoms with E-state index in [-0.39, 0.29) is 0 Å². The van der Waals surface area contributed by atoms with Gasteiger partial charge >= 0.3 is 8.56 Å². The average molecular weight is 290 g/mol. The molecule has 4 heteroatoms. The van der Waals surface area contributed by atoms with Crippen LogP contribution in [0, 0.1) is 0 Å². The maximum absolute atomic E-state index is 6.29. The molecule has 0 saturated carbocycles. The molecule has 0 bridgehead atoms. The van der Waals surface area contributed by atoms with E-state index in [1.807, 2.05) is 7.05 Å². The first-order valence-corrected chi connectivity index (χ1v) is 10.4. The summed E-state index contributed by atoms with van der Waals surface area (Å²) in [6.45, 7) is 9.50. The summed E-state index contributed by atoms with van der Waals surface area (Å²) in [5.74, 6) is 0. The number of rotatable bonds is 14. The van der Waals surface area contributed by atoms with Crippen LogP contribution in [0.25, 0.3) is 0 Å². The van der Waals surface area contributed by atoms with Crippen LogP contribution >= 0.6 is 0 Å². The number of hydrogen-bond donors (Lipinski definition) is 1. The maximum atomic E-state index is 6.29. The fraction of sp³-hybridized carbons (Fsp3) is 1.00. The fourth-order valence-corrected chi connectivity index (χ4v) is 5.60. The van der Waals surface area contributed by atoms with Crippen molar-refractivity contribution in [2.45, 2.75) is 71.4 Å². The zero-order valence-electron chi connectivity index (χ0n) is 13.6. The standard InChI is InChI=1S/C15H35NO2Si/c1-5-8-12-17-19(14-7-3,15-10-11-16-4)18-13-9-6-2/h16H,5-15H2,1-4H3. The van der Waals surface area contributed by atoms with Gasteiger partial charge in [-0.2, -0.15) is 0 Å². The summed E-state index contributed by atoms with van der Waals surface area (Å²) in [5.41, 5.74) is 0. The molecular weight excluding hydrogens is 254 g/mol. The van der Waals surface area contributed by atoms with Gasteiger partial charge in [0.2, 0.25) is 0 Å². The zero-order chi connectivity index (χ0) is 14.4. The summed E-state index contributed by atoms with van der Waals surface area (Å²) in [7, 11) is 0.0656. The van der Waals surface area contributed by atoms with Gasteiger partial charge in [0.05, 0.1) is 0 Å². The molecule has 0 atom stereocenters. The topological polar surface area (TPSA) is 30.5 Å². The third kappa shape index (κ3) is 9.60. The van der Waals surface area contributed by atoms with Gasteiger partial charge in [0.25, 0.3) is 0 Å². The lowest BCUT2D eigenvalue weighted by atomic mass is 10.4. The maximum Gasteiger partial charge on any atom is 0.338 e. The van der Waals surface area contributed by atoms with Gasteiger partial charge in [-0.05, 0) is 44.9 Å². The molecule has 0 aromatic heterocycles. The first kappa shape index (κ1) is 19.1. The minimum atomic E-state index is -1.95. The van der Waals surface area contributed by atoms with Crippen molar-refractivity contribution >= 4 is 8.56 Å². The summed E-state index contributed by atoms with van der Waals surface area (Å²) in [6, 6.07) is 2.28. The van der Waals surface area contributed by atoms with E-state index in [0.717, 1.165) is 44.7 Å². The molecule has 0 rings (SSSR count). The van der Waals surface area contributed by atoms with Gasteiger partial charge in [-0.15, -0.1) is 0 Å². The molecule has 0 radical (unpaired) electrons. The number of hydrogen-bond acceptors (Lipinski definition) is 3. The molecule has 0 aromatic carbocycles. The first-order valence-electron chi connectivity index (χ1n) is 8.17. The molecule has 0 aromatic rings. The summed E-state index contributed by atoms with van der Waals surface area (Å²) in [6.07, 6.45) is 7.04. The van der Waals surface area contributed by atoms with Crippen LogP contribution in [0.1, 0.15) is 59.3 Å². The van der Waals surface area contributed by atoms with Gasteiger partial charge in [-0.25, -0.2) is 0 Å². The van der Waals surface area contributed by atoms with E-state index in [4.69, 9.17) is 8.85 Å². The van der Waals surface area contributed by atoms with Crippen molar-refractivity contribution in [3.8, 4) is 0 Å². The van der Waals surface area contributed by atoms with Crippen LogP contribution in [-0.4, -0.2) is 35.4 Å². The Labute approximate surface area is 121 Å². The Morgan fingerprint density at radius 3 is 1.79 bits per heavy atom. The van der Waals surface area contributed by atoms with Gasteiger partial charge in [-0.3, -0.25) is 0 Å². The van der Waals surface area contributed by atoms with Crippen LogP contribution < -0.4 is 5.32 Å². The Hall–Kier alpha value is 0.0969. The third-order valence-electron chi connectivity index (χ3n) is 3.34. The first-order chi connectivity index (χ1) is 9.24. The second-order valence-electron chi connectivity index (χ2n) is 5.27. The molecule has 0 fully saturated rings. The van der Waals surface area contributed by atoms with Crippen molar-refractivity contribution in [1.29, 1.82) is 0 Å². The monoisotopic (exact) mass is 289 g/mol. The SMILES string of the molecule is CCCCO[Si](CCC)(CCCNC)OCCCC. The molecule has 0 heterocycles. The molecule has 0 aliphatic rings. The smallest absolute Gasteiger partial charge is 0.338 e. The zero-order valence-corrected chi connectivity index (χ0v) is 14.6. The van der Waals surface area contributed by atoms with Crippen LogP contribution in [0.15, 0.2) is 0 Å². The highest BCUT2D eigenvalue weighted by molar-refractivity contribution is 6.67. The predicted molar refractivity (Wildman–Crippen MR) is 85.9 cm³/mol. The van der Waals surface area contributed by atoms with Crippen LogP contribution in [-0.2, 0) is 8.85 Å². The highest BCUT2D eigenvalue weighted by Crippen LogP contribution is 2.23. The molecule has 0 spiro atoms. The fourth-order valence-electron chi connectivity index (χ4n) is 2.18. The van der Waals surface area contributed by atoms with E-state index in [9.17, 15) is 0 Å². The number of unbranched alkanes of at least 4 members (excludes halogenated alkanes) is 2. The summed E-state index contributed by atoms with van der Waals surface area (Å²) < 4.78 is 12.6. The predicted octanol–water partition coefficient (Wildman–Crippen LogP) is 4.08. The van der Waals surface area contributed by atoms with Gasteiger partial charge in [0.1, 0.15) is 0 Å². The lowest BCUT2D eigenvalue weighted by molar-refractivity contribution is 0.161. The van der Waals surface area contributed by atoms with Crippen LogP contribution in [0.5, 0.6) is 0 Å². The van der Waals surface area contributed by atoms with E-state index >= 15 is 0 Å². The molecule has 0 saturated heterocycles. The van der Waals surface area contributed by atoms with Crippen molar-refractivity contribution in [1.82, 2.24) is 5.32 Å². The molecular formula is C15H35NO2Si. The van der Waals surface area contributed by atoms with E-state index in [1.54, 1.807) is 0 Å². The molecule has 1 N–H and O–H groups in total. The average Bonchev–Trinajstić information content (AvgIpc) is 2.40. The normalized spacial score (nSPS) is 12.0. The summed E-state index contributed by atoms with van der Waals surface area (Å²) in [4.78, 5) is 0. The molecule has 19 heavy (non-hydrogen) atoms. The van der Waals surface area contributed by atoms with Gasteiger partial charge in [-0.1, -0.05) is 40.0 Å². The van der Waals surface area contributed by atoms with E-state index in [2.05, 4.69) is 26.1 Å². The number of nitrogens with one attached hydrogen (secondary N) is 1. The van der Waals surface area contributed by atoms with Crippen LogP contribution in [0.3, 0.4) is 0 Å². The Bertz CT molecular complexity index is 164. The summed E-state index contributed by atoms with van der Waals surface area (Å²) in [5, 5.41) is 3.23. The van der Waals surface area contributed by atoms with Crippen molar-refractivity contribution in [2.75, 3.05) is 26.8 Å². The molecule has 0 amide bonds. The van der Waals surface area contributed by atoms with E-state index < -0.39 is 8.56 Å². The lowest BCUT2D eigenvalue weighted by Crippen LogP contribution is -2.43. The second-order valence-corrected chi connectivity index (χ2v) is 8.67.